The average Bonchev–Trinajstić information content (AvgIpc) is 2.54. The van der Waals surface area contributed by atoms with Crippen molar-refractivity contribution in [2.45, 2.75) is 84.5 Å². The molecule has 0 spiro atoms. The molecule has 0 heterocycles. The van der Waals surface area contributed by atoms with Gasteiger partial charge >= 0.3 is 7.60 Å². The fraction of sp³-hybridized carbons (Fsp3) is 1.00. The quantitative estimate of drug-likeness (QED) is 0.316. The summed E-state index contributed by atoms with van der Waals surface area (Å²) in [6.07, 6.45) is 14.1. The number of unbranched alkanes of at least 4 members (excludes halogenated alkanes) is 3. The SMILES string of the molecule is CCCCCOP(=O)(CCCC)OCC12CC3CC(CC(C3)C1)C2. The van der Waals surface area contributed by atoms with E-state index >= 15 is 0 Å². The Balaban J connectivity index is 1.55. The Morgan fingerprint density at radius 2 is 1.46 bits per heavy atom. The van der Waals surface area contributed by atoms with Crippen LogP contribution in [-0.2, 0) is 13.6 Å². The summed E-state index contributed by atoms with van der Waals surface area (Å²) in [4.78, 5) is 0. The van der Waals surface area contributed by atoms with Gasteiger partial charge in [-0.25, -0.2) is 0 Å². The lowest BCUT2D eigenvalue weighted by Gasteiger charge is -2.56. The smallest absolute Gasteiger partial charge is 0.309 e. The van der Waals surface area contributed by atoms with E-state index in [4.69, 9.17) is 9.05 Å². The van der Waals surface area contributed by atoms with Crippen molar-refractivity contribution in [2.24, 2.45) is 23.2 Å². The van der Waals surface area contributed by atoms with Gasteiger partial charge < -0.3 is 9.05 Å². The standard InChI is InChI=1S/C20H37O3P/c1-3-5-7-8-22-24(21,9-6-4-2)23-16-20-13-17-10-18(14-20)12-19(11-17)15-20/h17-19H,3-16H2,1-2H3. The van der Waals surface area contributed by atoms with E-state index in [2.05, 4.69) is 13.8 Å². The second kappa shape index (κ2) is 8.23. The van der Waals surface area contributed by atoms with Crippen molar-refractivity contribution in [2.75, 3.05) is 19.4 Å². The third kappa shape index (κ3) is 4.65. The van der Waals surface area contributed by atoms with Gasteiger partial charge in [0, 0.05) is 0 Å². The Hall–Kier alpha value is 0.150. The summed E-state index contributed by atoms with van der Waals surface area (Å²) >= 11 is 0. The van der Waals surface area contributed by atoms with Gasteiger partial charge in [0.15, 0.2) is 0 Å². The highest BCUT2D eigenvalue weighted by Crippen LogP contribution is 2.61. The van der Waals surface area contributed by atoms with Gasteiger partial charge in [0.25, 0.3) is 0 Å². The minimum absolute atomic E-state index is 0.323. The van der Waals surface area contributed by atoms with Crippen molar-refractivity contribution < 1.29 is 13.6 Å². The van der Waals surface area contributed by atoms with Crippen LogP contribution in [0.5, 0.6) is 0 Å². The second-order valence-corrected chi connectivity index (χ2v) is 11.1. The largest absolute Gasteiger partial charge is 0.330 e. The van der Waals surface area contributed by atoms with Crippen LogP contribution in [0.15, 0.2) is 0 Å². The first kappa shape index (κ1) is 18.9. The third-order valence-electron chi connectivity index (χ3n) is 6.55. The predicted octanol–water partition coefficient (Wildman–Crippen LogP) is 6.42. The maximum absolute atomic E-state index is 13.2. The highest BCUT2D eigenvalue weighted by molar-refractivity contribution is 7.53. The molecule has 0 saturated heterocycles. The zero-order valence-electron chi connectivity index (χ0n) is 15.8. The number of hydrogen-bond donors (Lipinski definition) is 0. The van der Waals surface area contributed by atoms with Crippen molar-refractivity contribution in [3.8, 4) is 0 Å². The van der Waals surface area contributed by atoms with Crippen molar-refractivity contribution in [3.63, 3.8) is 0 Å². The van der Waals surface area contributed by atoms with Crippen LogP contribution in [0.25, 0.3) is 0 Å². The molecule has 24 heavy (non-hydrogen) atoms. The summed E-state index contributed by atoms with van der Waals surface area (Å²) in [5.74, 6) is 2.75. The molecule has 4 bridgehead atoms. The molecule has 1 atom stereocenters. The van der Waals surface area contributed by atoms with Gasteiger partial charge in [-0.1, -0.05) is 33.1 Å². The molecule has 0 aliphatic heterocycles. The molecule has 0 aromatic rings. The topological polar surface area (TPSA) is 35.5 Å². The Kier molecular flexibility index (Phi) is 6.49. The number of rotatable bonds is 11. The van der Waals surface area contributed by atoms with Crippen LogP contribution in [0.2, 0.25) is 0 Å². The average molecular weight is 356 g/mol. The molecule has 4 fully saturated rings. The lowest BCUT2D eigenvalue weighted by Crippen LogP contribution is -2.48. The molecule has 0 amide bonds. The van der Waals surface area contributed by atoms with Crippen molar-refractivity contribution in [1.82, 2.24) is 0 Å². The van der Waals surface area contributed by atoms with Crippen LogP contribution < -0.4 is 0 Å². The van der Waals surface area contributed by atoms with E-state index in [1.807, 2.05) is 0 Å². The molecular weight excluding hydrogens is 319 g/mol. The Morgan fingerprint density at radius 3 is 2.00 bits per heavy atom. The lowest BCUT2D eigenvalue weighted by molar-refractivity contribution is -0.0766. The van der Waals surface area contributed by atoms with Crippen LogP contribution in [0.4, 0.5) is 0 Å². The van der Waals surface area contributed by atoms with Gasteiger partial charge in [-0.05, 0) is 74.5 Å². The Bertz CT molecular complexity index is 413. The molecule has 4 heteroatoms. The first-order valence-corrected chi connectivity index (χ1v) is 12.2. The normalized spacial score (nSPS) is 36.8. The zero-order chi connectivity index (χ0) is 17.0. The molecule has 4 rings (SSSR count). The van der Waals surface area contributed by atoms with Crippen LogP contribution in [0, 0.1) is 23.2 Å². The molecule has 140 valence electrons. The van der Waals surface area contributed by atoms with Crippen molar-refractivity contribution >= 4 is 7.60 Å². The fourth-order valence-electron chi connectivity index (χ4n) is 5.78. The van der Waals surface area contributed by atoms with E-state index in [0.29, 0.717) is 24.8 Å². The van der Waals surface area contributed by atoms with Crippen LogP contribution in [0.1, 0.15) is 84.5 Å². The lowest BCUT2D eigenvalue weighted by atomic mass is 9.50. The highest BCUT2D eigenvalue weighted by Gasteiger charge is 2.51. The summed E-state index contributed by atoms with van der Waals surface area (Å²) in [6, 6.07) is 0. The Morgan fingerprint density at radius 1 is 0.875 bits per heavy atom. The first-order valence-electron chi connectivity index (χ1n) is 10.4. The maximum Gasteiger partial charge on any atom is 0.330 e. The molecule has 3 nitrogen and oxygen atoms in total. The second-order valence-electron chi connectivity index (χ2n) is 8.92. The van der Waals surface area contributed by atoms with E-state index in [1.165, 1.54) is 38.5 Å². The summed E-state index contributed by atoms with van der Waals surface area (Å²) in [5, 5.41) is 0. The summed E-state index contributed by atoms with van der Waals surface area (Å²) < 4.78 is 25.1. The van der Waals surface area contributed by atoms with E-state index in [-0.39, 0.29) is 0 Å². The van der Waals surface area contributed by atoms with Crippen LogP contribution in [-0.4, -0.2) is 19.4 Å². The predicted molar refractivity (Wildman–Crippen MR) is 99.4 cm³/mol. The fourth-order valence-corrected chi connectivity index (χ4v) is 7.69. The third-order valence-corrected chi connectivity index (χ3v) is 8.52. The van der Waals surface area contributed by atoms with Crippen LogP contribution >= 0.6 is 7.60 Å². The van der Waals surface area contributed by atoms with Gasteiger partial charge in [0.2, 0.25) is 0 Å². The zero-order valence-corrected chi connectivity index (χ0v) is 16.7. The summed E-state index contributed by atoms with van der Waals surface area (Å²) in [6.45, 7) is 5.60. The van der Waals surface area contributed by atoms with E-state index in [1.54, 1.807) is 0 Å². The number of hydrogen-bond acceptors (Lipinski definition) is 3. The van der Waals surface area contributed by atoms with Gasteiger partial charge in [0.05, 0.1) is 19.4 Å². The molecule has 4 aliphatic carbocycles. The van der Waals surface area contributed by atoms with Crippen molar-refractivity contribution in [3.05, 3.63) is 0 Å². The molecule has 1 unspecified atom stereocenters. The molecule has 0 radical (unpaired) electrons. The van der Waals surface area contributed by atoms with E-state index in [9.17, 15) is 4.57 Å². The minimum atomic E-state index is -2.90. The van der Waals surface area contributed by atoms with E-state index in [0.717, 1.165) is 49.9 Å². The Labute approximate surface area is 148 Å². The van der Waals surface area contributed by atoms with Gasteiger partial charge in [-0.15, -0.1) is 0 Å². The van der Waals surface area contributed by atoms with Gasteiger partial charge in [-0.2, -0.15) is 0 Å². The van der Waals surface area contributed by atoms with Gasteiger partial charge in [0.1, 0.15) is 0 Å². The maximum atomic E-state index is 13.2. The highest BCUT2D eigenvalue weighted by atomic mass is 31.2. The monoisotopic (exact) mass is 356 g/mol. The van der Waals surface area contributed by atoms with Crippen LogP contribution in [0.3, 0.4) is 0 Å². The molecular formula is C20H37O3P. The minimum Gasteiger partial charge on any atom is -0.309 e. The van der Waals surface area contributed by atoms with E-state index < -0.39 is 7.60 Å². The van der Waals surface area contributed by atoms with Crippen molar-refractivity contribution in [1.29, 1.82) is 0 Å². The molecule has 0 N–H and O–H groups in total. The molecule has 4 saturated carbocycles. The van der Waals surface area contributed by atoms with Gasteiger partial charge in [-0.3, -0.25) is 4.57 Å². The summed E-state index contributed by atoms with van der Waals surface area (Å²) in [5.41, 5.74) is 0.323. The first-order chi connectivity index (χ1) is 11.6. The molecule has 0 aromatic heterocycles. The molecule has 4 aliphatic rings. The molecule has 0 aromatic carbocycles. The summed E-state index contributed by atoms with van der Waals surface area (Å²) in [7, 11) is -2.90.